The summed E-state index contributed by atoms with van der Waals surface area (Å²) in [6.45, 7) is 3.66. The number of aromatic carboxylic acids is 1. The lowest BCUT2D eigenvalue weighted by molar-refractivity contribution is -0.118. The standard InChI is InChI=1S/C13H18N2O4/c1-7(2)11(14)12(16)15-9-6-8(13(17)18)4-5-10(9)19-3/h4-7,11H,14H2,1-3H3,(H,15,16)(H,17,18). The number of carbonyl (C=O) groups is 2. The van der Waals surface area contributed by atoms with Crippen molar-refractivity contribution in [1.29, 1.82) is 0 Å². The molecule has 0 heterocycles. The molecule has 1 amide bonds. The maximum Gasteiger partial charge on any atom is 0.335 e. The number of amides is 1. The van der Waals surface area contributed by atoms with Crippen molar-refractivity contribution in [2.24, 2.45) is 11.7 Å². The van der Waals surface area contributed by atoms with Crippen molar-refractivity contribution in [3.8, 4) is 5.75 Å². The molecule has 104 valence electrons. The highest BCUT2D eigenvalue weighted by Gasteiger charge is 2.19. The second-order valence-corrected chi connectivity index (χ2v) is 4.48. The fourth-order valence-corrected chi connectivity index (χ4v) is 1.46. The molecule has 1 unspecified atom stereocenters. The highest BCUT2D eigenvalue weighted by molar-refractivity contribution is 5.98. The maximum absolute atomic E-state index is 11.9. The van der Waals surface area contributed by atoms with Crippen molar-refractivity contribution in [3.63, 3.8) is 0 Å². The molecule has 0 saturated heterocycles. The summed E-state index contributed by atoms with van der Waals surface area (Å²) in [5.74, 6) is -1.09. The lowest BCUT2D eigenvalue weighted by Crippen LogP contribution is -2.39. The molecule has 0 aliphatic rings. The van der Waals surface area contributed by atoms with E-state index in [1.165, 1.54) is 25.3 Å². The molecular formula is C13H18N2O4. The van der Waals surface area contributed by atoms with Crippen LogP contribution in [0.3, 0.4) is 0 Å². The summed E-state index contributed by atoms with van der Waals surface area (Å²) in [6.07, 6.45) is 0. The lowest BCUT2D eigenvalue weighted by Gasteiger charge is -2.17. The predicted molar refractivity (Wildman–Crippen MR) is 71.4 cm³/mol. The monoisotopic (exact) mass is 266 g/mol. The number of ether oxygens (including phenoxy) is 1. The molecule has 0 fully saturated rings. The number of hydrogen-bond donors (Lipinski definition) is 3. The molecule has 6 nitrogen and oxygen atoms in total. The number of carboxylic acid groups (broad SMARTS) is 1. The van der Waals surface area contributed by atoms with Gasteiger partial charge in [-0.2, -0.15) is 0 Å². The first-order valence-electron chi connectivity index (χ1n) is 5.84. The van der Waals surface area contributed by atoms with Crippen molar-refractivity contribution in [2.75, 3.05) is 12.4 Å². The summed E-state index contributed by atoms with van der Waals surface area (Å²) in [4.78, 5) is 22.8. The second kappa shape index (κ2) is 6.19. The average Bonchev–Trinajstić information content (AvgIpc) is 2.37. The molecule has 0 spiro atoms. The SMILES string of the molecule is COc1ccc(C(=O)O)cc1NC(=O)C(N)C(C)C. The zero-order valence-electron chi connectivity index (χ0n) is 11.1. The van der Waals surface area contributed by atoms with E-state index in [1.807, 2.05) is 13.8 Å². The first-order valence-corrected chi connectivity index (χ1v) is 5.84. The van der Waals surface area contributed by atoms with Crippen LogP contribution in [0.1, 0.15) is 24.2 Å². The van der Waals surface area contributed by atoms with Crippen LogP contribution in [0.25, 0.3) is 0 Å². The largest absolute Gasteiger partial charge is 0.495 e. The first-order chi connectivity index (χ1) is 8.86. The summed E-state index contributed by atoms with van der Waals surface area (Å²) >= 11 is 0. The number of nitrogens with two attached hydrogens (primary N) is 1. The summed E-state index contributed by atoms with van der Waals surface area (Å²) < 4.78 is 5.07. The number of hydrogen-bond acceptors (Lipinski definition) is 4. The number of rotatable bonds is 5. The minimum Gasteiger partial charge on any atom is -0.495 e. The van der Waals surface area contributed by atoms with Crippen molar-refractivity contribution in [1.82, 2.24) is 0 Å². The number of carboxylic acids is 1. The topological polar surface area (TPSA) is 102 Å². The van der Waals surface area contributed by atoms with Gasteiger partial charge in [0.2, 0.25) is 5.91 Å². The fraction of sp³-hybridized carbons (Fsp3) is 0.385. The molecule has 0 bridgehead atoms. The van der Waals surface area contributed by atoms with E-state index in [0.29, 0.717) is 11.4 Å². The van der Waals surface area contributed by atoms with E-state index >= 15 is 0 Å². The predicted octanol–water partition coefficient (Wildman–Crippen LogP) is 1.32. The molecule has 19 heavy (non-hydrogen) atoms. The van der Waals surface area contributed by atoms with Crippen LogP contribution in [0.4, 0.5) is 5.69 Å². The van der Waals surface area contributed by atoms with Crippen molar-refractivity contribution < 1.29 is 19.4 Å². The highest BCUT2D eigenvalue weighted by Crippen LogP contribution is 2.25. The molecule has 1 atom stereocenters. The van der Waals surface area contributed by atoms with Gasteiger partial charge in [-0.05, 0) is 24.1 Å². The Labute approximate surface area is 111 Å². The molecule has 1 aromatic carbocycles. The van der Waals surface area contributed by atoms with Gasteiger partial charge < -0.3 is 20.9 Å². The smallest absolute Gasteiger partial charge is 0.335 e. The first kappa shape index (κ1) is 15.0. The summed E-state index contributed by atoms with van der Waals surface area (Å²) in [5, 5.41) is 11.5. The third-order valence-corrected chi connectivity index (χ3v) is 2.73. The molecule has 0 aromatic heterocycles. The molecule has 1 aromatic rings. The summed E-state index contributed by atoms with van der Waals surface area (Å²) in [6, 6.07) is 3.56. The van der Waals surface area contributed by atoms with Crippen LogP contribution in [-0.2, 0) is 4.79 Å². The van der Waals surface area contributed by atoms with Gasteiger partial charge in [0, 0.05) is 0 Å². The molecule has 0 radical (unpaired) electrons. The van der Waals surface area contributed by atoms with Crippen LogP contribution >= 0.6 is 0 Å². The van der Waals surface area contributed by atoms with Gasteiger partial charge in [0.05, 0.1) is 24.4 Å². The van der Waals surface area contributed by atoms with Gasteiger partial charge in [0.1, 0.15) is 5.75 Å². The summed E-state index contributed by atoms with van der Waals surface area (Å²) in [5.41, 5.74) is 6.09. The Morgan fingerprint density at radius 3 is 2.47 bits per heavy atom. The van der Waals surface area contributed by atoms with Crippen LogP contribution in [0.2, 0.25) is 0 Å². The van der Waals surface area contributed by atoms with Gasteiger partial charge in [-0.15, -0.1) is 0 Å². The van der Waals surface area contributed by atoms with E-state index in [0.717, 1.165) is 0 Å². The van der Waals surface area contributed by atoms with Crippen LogP contribution in [0, 0.1) is 5.92 Å². The third-order valence-electron chi connectivity index (χ3n) is 2.73. The minimum atomic E-state index is -1.08. The van der Waals surface area contributed by atoms with E-state index in [1.54, 1.807) is 0 Å². The Hall–Kier alpha value is -2.08. The Balaban J connectivity index is 3.01. The number of anilines is 1. The lowest BCUT2D eigenvalue weighted by atomic mass is 10.0. The number of carbonyl (C=O) groups excluding carboxylic acids is 1. The normalized spacial score (nSPS) is 12.1. The highest BCUT2D eigenvalue weighted by atomic mass is 16.5. The van der Waals surface area contributed by atoms with E-state index < -0.39 is 12.0 Å². The van der Waals surface area contributed by atoms with E-state index in [-0.39, 0.29) is 17.4 Å². The minimum absolute atomic E-state index is 0.0198. The van der Waals surface area contributed by atoms with Crippen LogP contribution < -0.4 is 15.8 Å². The number of methoxy groups -OCH3 is 1. The van der Waals surface area contributed by atoms with Crippen LogP contribution in [-0.4, -0.2) is 30.1 Å². The molecule has 1 rings (SSSR count). The van der Waals surface area contributed by atoms with E-state index in [4.69, 9.17) is 15.6 Å². The van der Waals surface area contributed by atoms with E-state index in [9.17, 15) is 9.59 Å². The van der Waals surface area contributed by atoms with Crippen LogP contribution in [0.15, 0.2) is 18.2 Å². The van der Waals surface area contributed by atoms with E-state index in [2.05, 4.69) is 5.32 Å². The van der Waals surface area contributed by atoms with Crippen molar-refractivity contribution >= 4 is 17.6 Å². The fourth-order valence-electron chi connectivity index (χ4n) is 1.46. The zero-order chi connectivity index (χ0) is 14.6. The van der Waals surface area contributed by atoms with Gasteiger partial charge in [0.15, 0.2) is 0 Å². The van der Waals surface area contributed by atoms with Gasteiger partial charge in [0.25, 0.3) is 0 Å². The van der Waals surface area contributed by atoms with Crippen LogP contribution in [0.5, 0.6) is 5.75 Å². The Morgan fingerprint density at radius 1 is 1.37 bits per heavy atom. The number of nitrogens with one attached hydrogen (secondary N) is 1. The molecular weight excluding hydrogens is 248 g/mol. The zero-order valence-corrected chi connectivity index (χ0v) is 11.1. The van der Waals surface area contributed by atoms with Crippen molar-refractivity contribution in [2.45, 2.75) is 19.9 Å². The summed E-state index contributed by atoms with van der Waals surface area (Å²) in [7, 11) is 1.44. The molecule has 4 N–H and O–H groups in total. The average molecular weight is 266 g/mol. The van der Waals surface area contributed by atoms with Gasteiger partial charge in [-0.3, -0.25) is 4.79 Å². The maximum atomic E-state index is 11.9. The van der Waals surface area contributed by atoms with Gasteiger partial charge in [-0.25, -0.2) is 4.79 Å². The quantitative estimate of drug-likeness (QED) is 0.746. The molecule has 0 saturated carbocycles. The third kappa shape index (κ3) is 3.69. The molecule has 0 aliphatic heterocycles. The second-order valence-electron chi connectivity index (χ2n) is 4.48. The molecule has 0 aliphatic carbocycles. The Bertz CT molecular complexity index is 486. The van der Waals surface area contributed by atoms with Gasteiger partial charge in [-0.1, -0.05) is 13.8 Å². The molecule has 6 heteroatoms. The number of benzene rings is 1. The Morgan fingerprint density at radius 2 is 2.00 bits per heavy atom. The van der Waals surface area contributed by atoms with Gasteiger partial charge >= 0.3 is 5.97 Å². The van der Waals surface area contributed by atoms with Crippen molar-refractivity contribution in [3.05, 3.63) is 23.8 Å². The Kier molecular flexibility index (Phi) is 4.88.